The van der Waals surface area contributed by atoms with Crippen molar-refractivity contribution in [2.24, 2.45) is 0 Å². The van der Waals surface area contributed by atoms with Crippen LogP contribution in [-0.4, -0.2) is 31.5 Å². The van der Waals surface area contributed by atoms with Crippen LogP contribution < -0.4 is 5.32 Å². The molecule has 1 N–H and O–H groups in total. The maximum atomic E-state index is 12.3. The van der Waals surface area contributed by atoms with E-state index in [1.54, 1.807) is 0 Å². The van der Waals surface area contributed by atoms with Gasteiger partial charge in [-0.3, -0.25) is 4.79 Å². The molecule has 0 saturated heterocycles. The lowest BCUT2D eigenvalue weighted by Crippen LogP contribution is -2.44. The van der Waals surface area contributed by atoms with Crippen molar-refractivity contribution in [1.29, 1.82) is 0 Å². The Hall–Kier alpha value is -1.82. The molecule has 1 heterocycles. The van der Waals surface area contributed by atoms with Crippen molar-refractivity contribution in [2.45, 2.75) is 57.1 Å². The van der Waals surface area contributed by atoms with Crippen molar-refractivity contribution in [1.82, 2.24) is 20.1 Å². The molecule has 0 bridgehead atoms. The molecule has 0 saturated carbocycles. The number of rotatable bonds is 5. The second-order valence-electron chi connectivity index (χ2n) is 6.60. The molecule has 0 unspecified atom stereocenters. The Labute approximate surface area is 141 Å². The number of hydrogen-bond acceptors (Lipinski definition) is 4. The average molecular weight is 332 g/mol. The van der Waals surface area contributed by atoms with Crippen LogP contribution in [0.15, 0.2) is 35.5 Å². The van der Waals surface area contributed by atoms with Gasteiger partial charge in [-0.15, -0.1) is 10.2 Å². The van der Waals surface area contributed by atoms with Crippen LogP contribution in [0.1, 0.15) is 39.1 Å². The largest absolute Gasteiger partial charge is 0.351 e. The van der Waals surface area contributed by atoms with E-state index in [1.807, 2.05) is 57.4 Å². The molecule has 1 amide bonds. The predicted molar refractivity (Wildman–Crippen MR) is 93.5 cm³/mol. The summed E-state index contributed by atoms with van der Waals surface area (Å²) < 4.78 is 2.04. The van der Waals surface area contributed by atoms with E-state index in [9.17, 15) is 4.79 Å². The van der Waals surface area contributed by atoms with Gasteiger partial charge in [-0.2, -0.15) is 0 Å². The molecular weight excluding hydrogens is 308 g/mol. The van der Waals surface area contributed by atoms with E-state index in [0.29, 0.717) is 6.54 Å². The highest BCUT2D eigenvalue weighted by molar-refractivity contribution is 8.00. The number of nitrogens with one attached hydrogen (secondary N) is 1. The van der Waals surface area contributed by atoms with Gasteiger partial charge in [-0.25, -0.2) is 0 Å². The molecule has 1 aromatic carbocycles. The number of nitrogens with zero attached hydrogens (tertiary/aromatic N) is 3. The fourth-order valence-electron chi connectivity index (χ4n) is 2.08. The fourth-order valence-corrected chi connectivity index (χ4v) is 2.97. The van der Waals surface area contributed by atoms with Crippen molar-refractivity contribution in [3.8, 4) is 0 Å². The van der Waals surface area contributed by atoms with Crippen LogP contribution in [0.25, 0.3) is 0 Å². The summed E-state index contributed by atoms with van der Waals surface area (Å²) in [7, 11) is 0. The van der Waals surface area contributed by atoms with Gasteiger partial charge in [-0.05, 0) is 40.2 Å². The Morgan fingerprint density at radius 1 is 1.26 bits per heavy atom. The van der Waals surface area contributed by atoms with Crippen molar-refractivity contribution in [3.63, 3.8) is 0 Å². The molecule has 5 nitrogen and oxygen atoms in total. The van der Waals surface area contributed by atoms with Crippen LogP contribution in [-0.2, 0) is 11.3 Å². The minimum atomic E-state index is -0.237. The molecule has 0 spiro atoms. The van der Waals surface area contributed by atoms with Gasteiger partial charge in [-0.1, -0.05) is 42.1 Å². The lowest BCUT2D eigenvalue weighted by Gasteiger charge is -2.23. The maximum Gasteiger partial charge on any atom is 0.233 e. The summed E-state index contributed by atoms with van der Waals surface area (Å²) in [6.07, 6.45) is 0. The molecule has 0 radical (unpaired) electrons. The van der Waals surface area contributed by atoms with Crippen molar-refractivity contribution in [2.75, 3.05) is 0 Å². The number of amides is 1. The molecule has 23 heavy (non-hydrogen) atoms. The molecule has 0 aliphatic carbocycles. The Morgan fingerprint density at radius 2 is 1.91 bits per heavy atom. The van der Waals surface area contributed by atoms with E-state index in [1.165, 1.54) is 17.3 Å². The first-order valence-electron chi connectivity index (χ1n) is 7.68. The first-order chi connectivity index (χ1) is 10.8. The zero-order valence-corrected chi connectivity index (χ0v) is 15.1. The Kier molecular flexibility index (Phi) is 5.46. The molecular formula is C17H24N4OS. The van der Waals surface area contributed by atoms with E-state index >= 15 is 0 Å². The van der Waals surface area contributed by atoms with Gasteiger partial charge in [0.25, 0.3) is 0 Å². The van der Waals surface area contributed by atoms with Gasteiger partial charge in [0.1, 0.15) is 5.82 Å². The molecule has 6 heteroatoms. The van der Waals surface area contributed by atoms with Gasteiger partial charge in [0.05, 0.1) is 11.8 Å². The van der Waals surface area contributed by atoms with Gasteiger partial charge in [0, 0.05) is 5.54 Å². The van der Waals surface area contributed by atoms with E-state index in [2.05, 4.69) is 27.6 Å². The Bertz CT molecular complexity index is 661. The molecule has 1 atom stereocenters. The number of aryl methyl sites for hydroxylation is 1. The van der Waals surface area contributed by atoms with Gasteiger partial charge >= 0.3 is 0 Å². The summed E-state index contributed by atoms with van der Waals surface area (Å²) in [6.45, 7) is 10.5. The maximum absolute atomic E-state index is 12.3. The van der Waals surface area contributed by atoms with Gasteiger partial charge in [0.15, 0.2) is 5.16 Å². The lowest BCUT2D eigenvalue weighted by atomic mass is 10.1. The number of aromatic nitrogens is 3. The first kappa shape index (κ1) is 17.5. The predicted octanol–water partition coefficient (Wildman–Crippen LogP) is 3.03. The molecule has 2 aromatic rings. The highest BCUT2D eigenvalue weighted by atomic mass is 32.2. The summed E-state index contributed by atoms with van der Waals surface area (Å²) in [5.74, 6) is 0.856. The van der Waals surface area contributed by atoms with Gasteiger partial charge < -0.3 is 9.88 Å². The molecule has 0 aliphatic rings. The van der Waals surface area contributed by atoms with Crippen molar-refractivity contribution >= 4 is 17.7 Å². The Morgan fingerprint density at radius 3 is 2.52 bits per heavy atom. The number of thioether (sulfide) groups is 1. The number of hydrogen-bond donors (Lipinski definition) is 1. The summed E-state index contributed by atoms with van der Waals surface area (Å²) in [5, 5.41) is 11.9. The van der Waals surface area contributed by atoms with E-state index < -0.39 is 0 Å². The molecule has 0 aliphatic heterocycles. The number of benzene rings is 1. The summed E-state index contributed by atoms with van der Waals surface area (Å²) in [5.41, 5.74) is 0.948. The van der Waals surface area contributed by atoms with Gasteiger partial charge in [0.2, 0.25) is 5.91 Å². The first-order valence-corrected chi connectivity index (χ1v) is 8.56. The quantitative estimate of drug-likeness (QED) is 0.855. The van der Waals surface area contributed by atoms with Crippen LogP contribution in [0, 0.1) is 6.92 Å². The molecule has 0 fully saturated rings. The van der Waals surface area contributed by atoms with E-state index in [-0.39, 0.29) is 16.7 Å². The normalized spacial score (nSPS) is 12.9. The standard InChI is InChI=1S/C17H24N4OS/c1-12(15(22)18-17(3,4)5)23-16-20-19-13(2)21(16)11-14-9-7-6-8-10-14/h6-10,12H,11H2,1-5H3,(H,18,22)/t12-/m1/s1. The van der Waals surface area contributed by atoms with Crippen molar-refractivity contribution < 1.29 is 4.79 Å². The summed E-state index contributed by atoms with van der Waals surface area (Å²) >= 11 is 1.44. The van der Waals surface area contributed by atoms with Crippen LogP contribution in [0.3, 0.4) is 0 Å². The number of carbonyl (C=O) groups is 1. The average Bonchev–Trinajstić information content (AvgIpc) is 2.79. The van der Waals surface area contributed by atoms with Crippen LogP contribution >= 0.6 is 11.8 Å². The molecule has 124 valence electrons. The van der Waals surface area contributed by atoms with Crippen LogP contribution in [0.2, 0.25) is 0 Å². The number of carbonyl (C=O) groups excluding carboxylic acids is 1. The van der Waals surface area contributed by atoms with E-state index in [4.69, 9.17) is 0 Å². The zero-order chi connectivity index (χ0) is 17.0. The highest BCUT2D eigenvalue weighted by Gasteiger charge is 2.22. The van der Waals surface area contributed by atoms with Crippen molar-refractivity contribution in [3.05, 3.63) is 41.7 Å². The third kappa shape index (κ3) is 5.10. The SMILES string of the molecule is Cc1nnc(S[C@H](C)C(=O)NC(C)(C)C)n1Cc1ccccc1. The van der Waals surface area contributed by atoms with Crippen LogP contribution in [0.5, 0.6) is 0 Å². The smallest absolute Gasteiger partial charge is 0.233 e. The lowest BCUT2D eigenvalue weighted by molar-refractivity contribution is -0.121. The fraction of sp³-hybridized carbons (Fsp3) is 0.471. The van der Waals surface area contributed by atoms with E-state index in [0.717, 1.165) is 11.0 Å². The third-order valence-corrected chi connectivity index (χ3v) is 4.32. The summed E-state index contributed by atoms with van der Waals surface area (Å²) in [4.78, 5) is 12.3. The minimum Gasteiger partial charge on any atom is -0.351 e. The monoisotopic (exact) mass is 332 g/mol. The third-order valence-electron chi connectivity index (χ3n) is 3.23. The summed E-state index contributed by atoms with van der Waals surface area (Å²) in [6, 6.07) is 10.2. The zero-order valence-electron chi connectivity index (χ0n) is 14.3. The second kappa shape index (κ2) is 7.17. The minimum absolute atomic E-state index is 0.00872. The second-order valence-corrected chi connectivity index (χ2v) is 7.91. The highest BCUT2D eigenvalue weighted by Crippen LogP contribution is 2.23. The molecule has 2 rings (SSSR count). The van der Waals surface area contributed by atoms with Crippen LogP contribution in [0.4, 0.5) is 0 Å². The molecule has 1 aromatic heterocycles. The topological polar surface area (TPSA) is 59.8 Å². The Balaban J connectivity index is 2.10.